The second kappa shape index (κ2) is 5.90. The summed E-state index contributed by atoms with van der Waals surface area (Å²) in [5.74, 6) is 0.575. The Morgan fingerprint density at radius 2 is 2.22 bits per heavy atom. The first-order valence-electron chi connectivity index (χ1n) is 5.87. The Morgan fingerprint density at radius 3 is 2.89 bits per heavy atom. The molecule has 0 aliphatic carbocycles. The Hall–Kier alpha value is -0.785. The second-order valence-corrected chi connectivity index (χ2v) is 4.48. The monoisotopic (exact) mass is 270 g/mol. The molecule has 1 aliphatic rings. The Balaban J connectivity index is 2.31. The highest BCUT2D eigenvalue weighted by atomic mass is 35.5. The first-order valence-corrected chi connectivity index (χ1v) is 6.25. The van der Waals surface area contributed by atoms with E-state index in [0.29, 0.717) is 29.4 Å². The zero-order valence-electron chi connectivity index (χ0n) is 9.93. The van der Waals surface area contributed by atoms with Gasteiger partial charge in [0.15, 0.2) is 0 Å². The SMILES string of the molecule is NCCCOc1ccc(Cl)c2c1B(O)OC2CN. The van der Waals surface area contributed by atoms with Crippen LogP contribution in [-0.2, 0) is 4.65 Å². The van der Waals surface area contributed by atoms with Crippen molar-refractivity contribution < 1.29 is 14.4 Å². The molecular formula is C11H16BClN2O3. The lowest BCUT2D eigenvalue weighted by molar-refractivity contribution is 0.198. The highest BCUT2D eigenvalue weighted by Gasteiger charge is 2.39. The van der Waals surface area contributed by atoms with Crippen molar-refractivity contribution in [3.63, 3.8) is 0 Å². The summed E-state index contributed by atoms with van der Waals surface area (Å²) in [6, 6.07) is 3.45. The number of hydrogen-bond donors (Lipinski definition) is 3. The number of fused-ring (bicyclic) bond motifs is 1. The van der Waals surface area contributed by atoms with E-state index >= 15 is 0 Å². The average Bonchev–Trinajstić information content (AvgIpc) is 2.71. The molecule has 5 nitrogen and oxygen atoms in total. The van der Waals surface area contributed by atoms with Crippen molar-refractivity contribution in [3.8, 4) is 5.75 Å². The molecule has 1 aromatic carbocycles. The predicted octanol–water partition coefficient (Wildman–Crippen LogP) is -0.215. The second-order valence-electron chi connectivity index (χ2n) is 4.08. The van der Waals surface area contributed by atoms with Crippen molar-refractivity contribution in [2.75, 3.05) is 19.7 Å². The average molecular weight is 271 g/mol. The zero-order valence-corrected chi connectivity index (χ0v) is 10.7. The number of ether oxygens (including phenoxy) is 1. The fraction of sp³-hybridized carbons (Fsp3) is 0.455. The van der Waals surface area contributed by atoms with Crippen LogP contribution in [0.2, 0.25) is 5.02 Å². The maximum absolute atomic E-state index is 9.90. The summed E-state index contributed by atoms with van der Waals surface area (Å²) >= 11 is 6.12. The summed E-state index contributed by atoms with van der Waals surface area (Å²) in [4.78, 5) is 0. The molecule has 98 valence electrons. The van der Waals surface area contributed by atoms with E-state index in [1.165, 1.54) is 0 Å². The number of halogens is 1. The van der Waals surface area contributed by atoms with Crippen LogP contribution in [0.25, 0.3) is 0 Å². The first-order chi connectivity index (χ1) is 8.69. The van der Waals surface area contributed by atoms with Crippen molar-refractivity contribution in [1.82, 2.24) is 0 Å². The van der Waals surface area contributed by atoms with Crippen LogP contribution in [0, 0.1) is 0 Å². The molecule has 7 heteroatoms. The molecule has 0 spiro atoms. The van der Waals surface area contributed by atoms with Crippen LogP contribution in [0.4, 0.5) is 0 Å². The van der Waals surface area contributed by atoms with Gasteiger partial charge in [0.25, 0.3) is 0 Å². The van der Waals surface area contributed by atoms with Gasteiger partial charge in [0, 0.05) is 22.6 Å². The summed E-state index contributed by atoms with van der Waals surface area (Å²) in [5, 5.41) is 10.4. The molecule has 1 atom stereocenters. The van der Waals surface area contributed by atoms with E-state index in [4.69, 9.17) is 32.5 Å². The van der Waals surface area contributed by atoms with E-state index in [-0.39, 0.29) is 12.6 Å². The van der Waals surface area contributed by atoms with Gasteiger partial charge in [0.2, 0.25) is 0 Å². The predicted molar refractivity (Wildman–Crippen MR) is 71.1 cm³/mol. The largest absolute Gasteiger partial charge is 0.495 e. The molecule has 2 rings (SSSR count). The molecule has 0 radical (unpaired) electrons. The molecule has 18 heavy (non-hydrogen) atoms. The molecule has 5 N–H and O–H groups in total. The van der Waals surface area contributed by atoms with E-state index in [1.807, 2.05) is 0 Å². The van der Waals surface area contributed by atoms with Crippen molar-refractivity contribution in [2.45, 2.75) is 12.5 Å². The molecule has 1 unspecified atom stereocenters. The Bertz CT molecular complexity index is 433. The van der Waals surface area contributed by atoms with Gasteiger partial charge in [0.05, 0.1) is 12.7 Å². The van der Waals surface area contributed by atoms with Gasteiger partial charge >= 0.3 is 7.12 Å². The minimum atomic E-state index is -1.04. The van der Waals surface area contributed by atoms with Crippen LogP contribution in [0.15, 0.2) is 12.1 Å². The Labute approximate surface area is 111 Å². The molecule has 0 bridgehead atoms. The molecule has 1 heterocycles. The normalized spacial score (nSPS) is 18.0. The number of benzene rings is 1. The summed E-state index contributed by atoms with van der Waals surface area (Å²) in [6.07, 6.45) is 0.356. The maximum Gasteiger partial charge on any atom is 0.495 e. The maximum atomic E-state index is 9.90. The third kappa shape index (κ3) is 2.48. The Kier molecular flexibility index (Phi) is 4.47. The lowest BCUT2D eigenvalue weighted by atomic mass is 9.78. The lowest BCUT2D eigenvalue weighted by Crippen LogP contribution is -2.30. The molecule has 1 aliphatic heterocycles. The minimum absolute atomic E-state index is 0.260. The van der Waals surface area contributed by atoms with Crippen LogP contribution in [-0.4, -0.2) is 31.8 Å². The summed E-state index contributed by atoms with van der Waals surface area (Å²) in [5.41, 5.74) is 12.3. The summed E-state index contributed by atoms with van der Waals surface area (Å²) in [7, 11) is -1.04. The first kappa shape index (κ1) is 13.6. The smallest absolute Gasteiger partial charge is 0.494 e. The van der Waals surface area contributed by atoms with E-state index in [9.17, 15) is 5.02 Å². The van der Waals surface area contributed by atoms with E-state index in [0.717, 1.165) is 12.0 Å². The van der Waals surface area contributed by atoms with Crippen LogP contribution in [0.3, 0.4) is 0 Å². The molecule has 0 saturated heterocycles. The lowest BCUT2D eigenvalue weighted by Gasteiger charge is -2.13. The van der Waals surface area contributed by atoms with E-state index in [1.54, 1.807) is 12.1 Å². The highest BCUT2D eigenvalue weighted by Crippen LogP contribution is 2.32. The van der Waals surface area contributed by atoms with Crippen LogP contribution >= 0.6 is 11.6 Å². The number of rotatable bonds is 5. The van der Waals surface area contributed by atoms with Gasteiger partial charge in [0.1, 0.15) is 5.75 Å². The van der Waals surface area contributed by atoms with Crippen molar-refractivity contribution >= 4 is 24.2 Å². The molecule has 1 aromatic rings. The van der Waals surface area contributed by atoms with Gasteiger partial charge in [-0.25, -0.2) is 0 Å². The van der Waals surface area contributed by atoms with Gasteiger partial charge in [-0.2, -0.15) is 0 Å². The molecular weight excluding hydrogens is 254 g/mol. The van der Waals surface area contributed by atoms with E-state index < -0.39 is 7.12 Å². The van der Waals surface area contributed by atoms with Crippen molar-refractivity contribution in [2.24, 2.45) is 11.5 Å². The van der Waals surface area contributed by atoms with Crippen LogP contribution in [0.1, 0.15) is 18.1 Å². The van der Waals surface area contributed by atoms with Crippen molar-refractivity contribution in [1.29, 1.82) is 0 Å². The Morgan fingerprint density at radius 1 is 1.44 bits per heavy atom. The van der Waals surface area contributed by atoms with Crippen LogP contribution < -0.4 is 21.7 Å². The zero-order chi connectivity index (χ0) is 13.1. The molecule has 0 amide bonds. The van der Waals surface area contributed by atoms with Crippen LogP contribution in [0.5, 0.6) is 5.75 Å². The third-order valence-electron chi connectivity index (χ3n) is 2.88. The molecule has 0 saturated carbocycles. The number of hydrogen-bond acceptors (Lipinski definition) is 5. The fourth-order valence-electron chi connectivity index (χ4n) is 2.03. The van der Waals surface area contributed by atoms with Gasteiger partial charge in [-0.1, -0.05) is 11.6 Å². The standard InChI is InChI=1S/C11H16BClN2O3/c13-7-2-3-8(17-5-1-4-14)11-10(7)9(6-15)18-12(11)16/h2-3,9,16H,1,4-6,14-15H2. The molecule has 0 fully saturated rings. The summed E-state index contributed by atoms with van der Waals surface area (Å²) < 4.78 is 10.9. The molecule has 0 aromatic heterocycles. The summed E-state index contributed by atoms with van der Waals surface area (Å²) in [6.45, 7) is 1.31. The van der Waals surface area contributed by atoms with Gasteiger partial charge in [-0.05, 0) is 25.1 Å². The van der Waals surface area contributed by atoms with E-state index in [2.05, 4.69) is 0 Å². The minimum Gasteiger partial charge on any atom is -0.494 e. The topological polar surface area (TPSA) is 90.7 Å². The number of nitrogens with two attached hydrogens (primary N) is 2. The highest BCUT2D eigenvalue weighted by molar-refractivity contribution is 6.63. The van der Waals surface area contributed by atoms with Gasteiger partial charge in [-0.15, -0.1) is 0 Å². The third-order valence-corrected chi connectivity index (χ3v) is 3.21. The van der Waals surface area contributed by atoms with Gasteiger partial charge < -0.3 is 25.9 Å². The quantitative estimate of drug-likeness (QED) is 0.508. The van der Waals surface area contributed by atoms with Crippen molar-refractivity contribution in [3.05, 3.63) is 22.7 Å². The van der Waals surface area contributed by atoms with Gasteiger partial charge in [-0.3, -0.25) is 0 Å². The fourth-order valence-corrected chi connectivity index (χ4v) is 2.31.